The molecule has 0 unspecified atom stereocenters. The molecule has 1 heterocycles. The molecule has 6 nitrogen and oxygen atoms in total. The fourth-order valence-electron chi connectivity index (χ4n) is 2.00. The fourth-order valence-corrected chi connectivity index (χ4v) is 2.00. The number of nitrogens with zero attached hydrogens (tertiary/aromatic N) is 1. The second-order valence-corrected chi connectivity index (χ2v) is 5.26. The van der Waals surface area contributed by atoms with Crippen LogP contribution in [0, 0.1) is 0 Å². The summed E-state index contributed by atoms with van der Waals surface area (Å²) in [6, 6.07) is 3.77. The van der Waals surface area contributed by atoms with E-state index in [1.807, 2.05) is 0 Å². The largest absolute Gasteiger partial charge is 0.373 e. The molecule has 3 N–H and O–H groups in total. The van der Waals surface area contributed by atoms with Crippen LogP contribution in [-0.4, -0.2) is 36.4 Å². The topological polar surface area (TPSA) is 83.1 Å². The van der Waals surface area contributed by atoms with Crippen LogP contribution in [0.5, 0.6) is 0 Å². The number of aromatic nitrogens is 1. The molecule has 1 aromatic rings. The summed E-state index contributed by atoms with van der Waals surface area (Å²) >= 11 is 0. The Morgan fingerprint density at radius 2 is 2.10 bits per heavy atom. The minimum Gasteiger partial charge on any atom is -0.373 e. The Morgan fingerprint density at radius 1 is 1.33 bits per heavy atom. The van der Waals surface area contributed by atoms with Gasteiger partial charge in [-0.25, -0.2) is 4.98 Å². The average molecular weight is 290 g/mol. The first kappa shape index (κ1) is 15.3. The van der Waals surface area contributed by atoms with E-state index in [0.29, 0.717) is 17.4 Å². The first-order chi connectivity index (χ1) is 10.1. The number of nitrogens with one attached hydrogen (secondary N) is 3. The van der Waals surface area contributed by atoms with Crippen molar-refractivity contribution >= 4 is 17.6 Å². The molecule has 1 aliphatic rings. The normalized spacial score (nSPS) is 13.6. The lowest BCUT2D eigenvalue weighted by molar-refractivity contribution is -0.120. The number of carbonyl (C=O) groups is 2. The van der Waals surface area contributed by atoms with E-state index in [0.717, 1.165) is 31.4 Å². The van der Waals surface area contributed by atoms with Gasteiger partial charge in [-0.05, 0) is 31.4 Å². The zero-order valence-electron chi connectivity index (χ0n) is 12.5. The van der Waals surface area contributed by atoms with E-state index in [2.05, 4.69) is 27.9 Å². The number of hydrogen-bond donors (Lipinski definition) is 3. The summed E-state index contributed by atoms with van der Waals surface area (Å²) in [6.45, 7) is 2.07. The summed E-state index contributed by atoms with van der Waals surface area (Å²) in [5, 5.41) is 8.43. The standard InChI is InChI=1S/C15H22N4O2/c1-3-4-12-7-10(8-13(16-2)18-12)15(21)17-9-14(20)19-11-5-6-11/h7-8,11H,3-6,9H2,1-2H3,(H,16,18)(H,17,21)(H,19,20). The highest BCUT2D eigenvalue weighted by molar-refractivity contribution is 5.97. The molecule has 0 atom stereocenters. The molecule has 1 aromatic heterocycles. The smallest absolute Gasteiger partial charge is 0.251 e. The highest BCUT2D eigenvalue weighted by Crippen LogP contribution is 2.18. The Hall–Kier alpha value is -2.11. The Labute approximate surface area is 124 Å². The van der Waals surface area contributed by atoms with E-state index in [-0.39, 0.29) is 18.4 Å². The van der Waals surface area contributed by atoms with Crippen LogP contribution < -0.4 is 16.0 Å². The molecule has 1 aliphatic carbocycles. The number of anilines is 1. The average Bonchev–Trinajstić information content (AvgIpc) is 3.28. The third kappa shape index (κ3) is 4.73. The summed E-state index contributed by atoms with van der Waals surface area (Å²) < 4.78 is 0. The van der Waals surface area contributed by atoms with E-state index in [4.69, 9.17) is 0 Å². The van der Waals surface area contributed by atoms with Crippen LogP contribution in [0.3, 0.4) is 0 Å². The van der Waals surface area contributed by atoms with Crippen LogP contribution >= 0.6 is 0 Å². The van der Waals surface area contributed by atoms with Crippen LogP contribution in [0.15, 0.2) is 12.1 Å². The summed E-state index contributed by atoms with van der Waals surface area (Å²) in [5.74, 6) is 0.272. The van der Waals surface area contributed by atoms with E-state index in [1.54, 1.807) is 19.2 Å². The van der Waals surface area contributed by atoms with Gasteiger partial charge in [0.15, 0.2) is 0 Å². The van der Waals surface area contributed by atoms with Crippen molar-refractivity contribution in [2.45, 2.75) is 38.6 Å². The van der Waals surface area contributed by atoms with Gasteiger partial charge in [0.25, 0.3) is 5.91 Å². The van der Waals surface area contributed by atoms with Crippen LogP contribution in [0.2, 0.25) is 0 Å². The number of carbonyl (C=O) groups excluding carboxylic acids is 2. The molecule has 6 heteroatoms. The maximum atomic E-state index is 12.1. The molecule has 114 valence electrons. The molecule has 0 spiro atoms. The second-order valence-electron chi connectivity index (χ2n) is 5.26. The molecule has 0 bridgehead atoms. The molecule has 0 saturated heterocycles. The highest BCUT2D eigenvalue weighted by atomic mass is 16.2. The predicted molar refractivity (Wildman–Crippen MR) is 81.3 cm³/mol. The maximum Gasteiger partial charge on any atom is 0.251 e. The van der Waals surface area contributed by atoms with Gasteiger partial charge in [0.2, 0.25) is 5.91 Å². The van der Waals surface area contributed by atoms with Crippen LogP contribution in [0.4, 0.5) is 5.82 Å². The van der Waals surface area contributed by atoms with Gasteiger partial charge in [-0.3, -0.25) is 9.59 Å². The number of rotatable bonds is 7. The fraction of sp³-hybridized carbons (Fsp3) is 0.533. The van der Waals surface area contributed by atoms with Crippen molar-refractivity contribution < 1.29 is 9.59 Å². The number of aryl methyl sites for hydroxylation is 1. The highest BCUT2D eigenvalue weighted by Gasteiger charge is 2.23. The minimum absolute atomic E-state index is 0.00958. The van der Waals surface area contributed by atoms with Gasteiger partial charge >= 0.3 is 0 Å². The number of amides is 2. The SMILES string of the molecule is CCCc1cc(C(=O)NCC(=O)NC2CC2)cc(NC)n1. The Balaban J connectivity index is 1.96. The Kier molecular flexibility index (Phi) is 5.14. The van der Waals surface area contributed by atoms with Gasteiger partial charge in [0.1, 0.15) is 5.82 Å². The summed E-state index contributed by atoms with van der Waals surface area (Å²) in [7, 11) is 1.77. The van der Waals surface area contributed by atoms with Gasteiger partial charge in [0.05, 0.1) is 6.54 Å². The Bertz CT molecular complexity index is 526. The van der Waals surface area contributed by atoms with Gasteiger partial charge in [-0.1, -0.05) is 13.3 Å². The van der Waals surface area contributed by atoms with Gasteiger partial charge < -0.3 is 16.0 Å². The van der Waals surface area contributed by atoms with E-state index in [9.17, 15) is 9.59 Å². The first-order valence-electron chi connectivity index (χ1n) is 7.38. The van der Waals surface area contributed by atoms with Crippen molar-refractivity contribution in [2.24, 2.45) is 0 Å². The molecule has 1 saturated carbocycles. The zero-order valence-corrected chi connectivity index (χ0v) is 12.5. The first-order valence-corrected chi connectivity index (χ1v) is 7.38. The van der Waals surface area contributed by atoms with Crippen LogP contribution in [0.25, 0.3) is 0 Å². The summed E-state index contributed by atoms with van der Waals surface area (Å²) in [5.41, 5.74) is 1.40. The van der Waals surface area contributed by atoms with E-state index in [1.165, 1.54) is 0 Å². The van der Waals surface area contributed by atoms with Crippen molar-refractivity contribution in [3.8, 4) is 0 Å². The third-order valence-electron chi connectivity index (χ3n) is 3.25. The lowest BCUT2D eigenvalue weighted by Gasteiger charge is -2.09. The summed E-state index contributed by atoms with van der Waals surface area (Å²) in [6.07, 6.45) is 3.86. The molecule has 1 fully saturated rings. The van der Waals surface area contributed by atoms with Gasteiger partial charge in [-0.2, -0.15) is 0 Å². The van der Waals surface area contributed by atoms with Crippen LogP contribution in [-0.2, 0) is 11.2 Å². The van der Waals surface area contributed by atoms with Crippen LogP contribution in [0.1, 0.15) is 42.2 Å². The van der Waals surface area contributed by atoms with E-state index >= 15 is 0 Å². The number of hydrogen-bond acceptors (Lipinski definition) is 4. The van der Waals surface area contributed by atoms with E-state index < -0.39 is 0 Å². The zero-order chi connectivity index (χ0) is 15.2. The van der Waals surface area contributed by atoms with Crippen molar-refractivity contribution in [3.63, 3.8) is 0 Å². The van der Waals surface area contributed by atoms with Gasteiger partial charge in [0, 0.05) is 24.3 Å². The predicted octanol–water partition coefficient (Wildman–Crippen LogP) is 1.08. The number of pyridine rings is 1. The van der Waals surface area contributed by atoms with Crippen molar-refractivity contribution in [1.82, 2.24) is 15.6 Å². The second kappa shape index (κ2) is 7.06. The minimum atomic E-state index is -0.253. The van der Waals surface area contributed by atoms with Gasteiger partial charge in [-0.15, -0.1) is 0 Å². The monoisotopic (exact) mass is 290 g/mol. The quantitative estimate of drug-likeness (QED) is 0.702. The lowest BCUT2D eigenvalue weighted by atomic mass is 10.1. The third-order valence-corrected chi connectivity index (χ3v) is 3.25. The van der Waals surface area contributed by atoms with Crippen molar-refractivity contribution in [2.75, 3.05) is 18.9 Å². The molecule has 0 aliphatic heterocycles. The molecule has 0 aromatic carbocycles. The molecule has 21 heavy (non-hydrogen) atoms. The summed E-state index contributed by atoms with van der Waals surface area (Å²) in [4.78, 5) is 28.1. The lowest BCUT2D eigenvalue weighted by Crippen LogP contribution is -2.37. The van der Waals surface area contributed by atoms with Crippen molar-refractivity contribution in [3.05, 3.63) is 23.4 Å². The van der Waals surface area contributed by atoms with Crippen molar-refractivity contribution in [1.29, 1.82) is 0 Å². The molecular weight excluding hydrogens is 268 g/mol. The molecular formula is C15H22N4O2. The molecule has 0 radical (unpaired) electrons. The molecule has 2 amide bonds. The molecule has 2 rings (SSSR count). The maximum absolute atomic E-state index is 12.1. The Morgan fingerprint density at radius 3 is 2.71 bits per heavy atom.